The molecular formula is C31H25N3O4S2. The van der Waals surface area contributed by atoms with Gasteiger partial charge in [0.15, 0.2) is 15.9 Å². The maximum Gasteiger partial charge on any atom is 0.296 e. The summed E-state index contributed by atoms with van der Waals surface area (Å²) in [5, 5.41) is 19.8. The molecule has 40 heavy (non-hydrogen) atoms. The number of carbonyl (C=O) groups excluding carboxylic acids is 2. The zero-order chi connectivity index (χ0) is 27.9. The molecule has 1 aromatic heterocycles. The van der Waals surface area contributed by atoms with Crippen LogP contribution in [-0.4, -0.2) is 33.6 Å². The van der Waals surface area contributed by atoms with Gasteiger partial charge in [-0.15, -0.1) is 10.2 Å². The Morgan fingerprint density at radius 1 is 1.02 bits per heavy atom. The lowest BCUT2D eigenvalue weighted by atomic mass is 9.95. The highest BCUT2D eigenvalue weighted by Gasteiger charge is 2.45. The molecule has 1 aliphatic heterocycles. The summed E-state index contributed by atoms with van der Waals surface area (Å²) in [6.07, 6.45) is 4.67. The minimum absolute atomic E-state index is 0.0226. The largest absolute Gasteiger partial charge is 0.503 e. The van der Waals surface area contributed by atoms with Crippen LogP contribution in [0.1, 0.15) is 22.7 Å². The molecule has 0 saturated heterocycles. The van der Waals surface area contributed by atoms with Crippen molar-refractivity contribution in [1.82, 2.24) is 10.2 Å². The monoisotopic (exact) mass is 567 g/mol. The quantitative estimate of drug-likeness (QED) is 0.0947. The van der Waals surface area contributed by atoms with Crippen molar-refractivity contribution in [2.24, 2.45) is 0 Å². The fourth-order valence-electron chi connectivity index (χ4n) is 4.17. The van der Waals surface area contributed by atoms with E-state index in [0.29, 0.717) is 33.1 Å². The Hall–Kier alpha value is -4.47. The number of carbonyl (C=O) groups is 2. The van der Waals surface area contributed by atoms with Crippen LogP contribution in [-0.2, 0) is 15.3 Å². The molecule has 1 atom stereocenters. The number of anilines is 1. The number of benzene rings is 3. The molecule has 5 rings (SSSR count). The van der Waals surface area contributed by atoms with Crippen molar-refractivity contribution in [3.8, 4) is 5.75 Å². The number of hydrogen-bond acceptors (Lipinski definition) is 8. The van der Waals surface area contributed by atoms with Crippen molar-refractivity contribution in [1.29, 1.82) is 0 Å². The van der Waals surface area contributed by atoms with Crippen molar-refractivity contribution in [2.45, 2.75) is 16.1 Å². The lowest BCUT2D eigenvalue weighted by Gasteiger charge is -2.24. The molecule has 0 spiro atoms. The van der Waals surface area contributed by atoms with E-state index < -0.39 is 23.5 Å². The summed E-state index contributed by atoms with van der Waals surface area (Å²) in [5.74, 6) is -0.480. The molecule has 0 bridgehead atoms. The lowest BCUT2D eigenvalue weighted by Crippen LogP contribution is -2.30. The zero-order valence-corrected chi connectivity index (χ0v) is 23.0. The second-order valence-corrected chi connectivity index (χ2v) is 10.9. The molecule has 1 aliphatic rings. The molecule has 3 aromatic carbocycles. The van der Waals surface area contributed by atoms with Crippen LogP contribution in [0.2, 0.25) is 0 Å². The predicted molar refractivity (Wildman–Crippen MR) is 158 cm³/mol. The first-order valence-electron chi connectivity index (χ1n) is 12.4. The van der Waals surface area contributed by atoms with E-state index >= 15 is 0 Å². The van der Waals surface area contributed by atoms with Gasteiger partial charge in [-0.25, -0.2) is 0 Å². The minimum atomic E-state index is -0.895. The zero-order valence-electron chi connectivity index (χ0n) is 21.3. The van der Waals surface area contributed by atoms with Crippen LogP contribution in [0.5, 0.6) is 5.75 Å². The van der Waals surface area contributed by atoms with Crippen molar-refractivity contribution in [3.05, 3.63) is 132 Å². The van der Waals surface area contributed by atoms with Gasteiger partial charge in [0.1, 0.15) is 12.4 Å². The molecule has 0 fully saturated rings. The Labute approximate surface area is 240 Å². The molecule has 0 radical (unpaired) electrons. The third-order valence-electron chi connectivity index (χ3n) is 6.07. The molecular weight excluding hydrogens is 542 g/mol. The number of allylic oxidation sites excluding steroid dienone is 1. The standard InChI is InChI=1S/C31H25N3O4S2/c1-2-19-38-24-16-14-23(15-17-24)27-26(25(35)18-13-21-9-5-3-6-10-21)28(36)29(37)34(27)30-32-33-31(40-30)39-20-22-11-7-4-8-12-22/h2-18,27,36H,1,19-20H2. The SMILES string of the molecule is C=CCOc1ccc(C2C(C(=O)C=Cc3ccccc3)=C(O)C(=O)N2c2nnc(SCc3ccccc3)s2)cc1. The second kappa shape index (κ2) is 12.6. The number of thioether (sulfide) groups is 1. The van der Waals surface area contributed by atoms with Gasteiger partial charge in [-0.3, -0.25) is 14.5 Å². The van der Waals surface area contributed by atoms with E-state index in [1.807, 2.05) is 60.7 Å². The average molecular weight is 568 g/mol. The summed E-state index contributed by atoms with van der Waals surface area (Å²) in [7, 11) is 0. The van der Waals surface area contributed by atoms with Gasteiger partial charge in [-0.05, 0) is 34.9 Å². The molecule has 1 N–H and O–H groups in total. The van der Waals surface area contributed by atoms with Gasteiger partial charge in [0.05, 0.1) is 11.6 Å². The van der Waals surface area contributed by atoms with Gasteiger partial charge in [0.25, 0.3) is 5.91 Å². The molecule has 1 amide bonds. The van der Waals surface area contributed by atoms with Crippen molar-refractivity contribution in [2.75, 3.05) is 11.5 Å². The number of nitrogens with zero attached hydrogens (tertiary/aromatic N) is 3. The van der Waals surface area contributed by atoms with E-state index in [-0.39, 0.29) is 5.57 Å². The average Bonchev–Trinajstić information content (AvgIpc) is 3.57. The Kier molecular flexibility index (Phi) is 8.53. The number of aromatic nitrogens is 2. The van der Waals surface area contributed by atoms with Crippen LogP contribution in [0.25, 0.3) is 6.08 Å². The maximum absolute atomic E-state index is 13.5. The number of aliphatic hydroxyl groups excluding tert-OH is 1. The van der Waals surface area contributed by atoms with E-state index in [9.17, 15) is 14.7 Å². The number of hydrogen-bond donors (Lipinski definition) is 1. The highest BCUT2D eigenvalue weighted by molar-refractivity contribution is 8.00. The molecule has 7 nitrogen and oxygen atoms in total. The van der Waals surface area contributed by atoms with Crippen molar-refractivity contribution in [3.63, 3.8) is 0 Å². The molecule has 2 heterocycles. The maximum atomic E-state index is 13.5. The van der Waals surface area contributed by atoms with E-state index in [1.165, 1.54) is 34.1 Å². The van der Waals surface area contributed by atoms with E-state index in [0.717, 1.165) is 11.1 Å². The van der Waals surface area contributed by atoms with Gasteiger partial charge in [0, 0.05) is 5.75 Å². The number of rotatable bonds is 11. The Bertz CT molecular complexity index is 1570. The van der Waals surface area contributed by atoms with Crippen LogP contribution in [0.4, 0.5) is 5.13 Å². The van der Waals surface area contributed by atoms with E-state index in [4.69, 9.17) is 4.74 Å². The third-order valence-corrected chi connectivity index (χ3v) is 8.20. The van der Waals surface area contributed by atoms with Gasteiger partial charge in [0.2, 0.25) is 5.13 Å². The van der Waals surface area contributed by atoms with Crippen molar-refractivity contribution >= 4 is 46.0 Å². The highest BCUT2D eigenvalue weighted by Crippen LogP contribution is 2.43. The molecule has 9 heteroatoms. The van der Waals surface area contributed by atoms with E-state index in [1.54, 1.807) is 36.4 Å². The fraction of sp³-hybridized carbons (Fsp3) is 0.0968. The van der Waals surface area contributed by atoms with Gasteiger partial charge in [-0.1, -0.05) is 115 Å². The molecule has 4 aromatic rings. The summed E-state index contributed by atoms with van der Waals surface area (Å²) < 4.78 is 6.26. The van der Waals surface area contributed by atoms with Crippen LogP contribution >= 0.6 is 23.1 Å². The van der Waals surface area contributed by atoms with Crippen LogP contribution in [0.15, 0.2) is 119 Å². The van der Waals surface area contributed by atoms with Gasteiger partial charge in [-0.2, -0.15) is 0 Å². The first-order chi connectivity index (χ1) is 19.5. The van der Waals surface area contributed by atoms with Gasteiger partial charge >= 0.3 is 0 Å². The second-order valence-electron chi connectivity index (χ2n) is 8.74. The minimum Gasteiger partial charge on any atom is -0.503 e. The molecule has 0 saturated carbocycles. The first-order valence-corrected chi connectivity index (χ1v) is 14.2. The number of amides is 1. The summed E-state index contributed by atoms with van der Waals surface area (Å²) in [4.78, 5) is 28.2. The first kappa shape index (κ1) is 27.1. The lowest BCUT2D eigenvalue weighted by molar-refractivity contribution is -0.117. The molecule has 200 valence electrons. The number of ketones is 1. The number of ether oxygens (including phenoxy) is 1. The van der Waals surface area contributed by atoms with Crippen molar-refractivity contribution < 1.29 is 19.4 Å². The summed E-state index contributed by atoms with van der Waals surface area (Å²) >= 11 is 2.74. The third kappa shape index (κ3) is 6.06. The number of aliphatic hydroxyl groups is 1. The summed E-state index contributed by atoms with van der Waals surface area (Å²) in [6.45, 7) is 4.00. The van der Waals surface area contributed by atoms with Gasteiger partial charge < -0.3 is 9.84 Å². The smallest absolute Gasteiger partial charge is 0.296 e. The summed E-state index contributed by atoms with van der Waals surface area (Å²) in [6, 6.07) is 25.4. The Balaban J connectivity index is 1.46. The predicted octanol–water partition coefficient (Wildman–Crippen LogP) is 6.58. The Morgan fingerprint density at radius 3 is 2.42 bits per heavy atom. The Morgan fingerprint density at radius 2 is 1.73 bits per heavy atom. The normalized spacial score (nSPS) is 15.2. The topological polar surface area (TPSA) is 92.6 Å². The van der Waals surface area contributed by atoms with E-state index in [2.05, 4.69) is 16.8 Å². The van der Waals surface area contributed by atoms with Crippen LogP contribution in [0.3, 0.4) is 0 Å². The fourth-order valence-corrected chi connectivity index (χ4v) is 6.00. The van der Waals surface area contributed by atoms with Crippen LogP contribution < -0.4 is 9.64 Å². The molecule has 0 aliphatic carbocycles. The summed E-state index contributed by atoms with van der Waals surface area (Å²) in [5.41, 5.74) is 2.55. The van der Waals surface area contributed by atoms with Crippen LogP contribution in [0, 0.1) is 0 Å². The highest BCUT2D eigenvalue weighted by atomic mass is 32.2. The molecule has 1 unspecified atom stereocenters.